The third-order valence-electron chi connectivity index (χ3n) is 17.5. The Morgan fingerprint density at radius 2 is 0.487 bits per heavy atom. The molecule has 0 amide bonds. The summed E-state index contributed by atoms with van der Waals surface area (Å²) in [6.07, 6.45) is 0. The third-order valence-corrected chi connectivity index (χ3v) is 17.5. The highest BCUT2D eigenvalue weighted by Gasteiger charge is 2.30. The molecular formula is C76H44N2. The average molecular weight is 985 g/mol. The van der Waals surface area contributed by atoms with Gasteiger partial charge in [-0.05, 0) is 122 Å². The van der Waals surface area contributed by atoms with Crippen LogP contribution in [0.3, 0.4) is 0 Å². The van der Waals surface area contributed by atoms with Crippen LogP contribution in [0.4, 0.5) is 0 Å². The highest BCUT2D eigenvalue weighted by Crippen LogP contribution is 2.53. The second kappa shape index (κ2) is 15.6. The summed E-state index contributed by atoms with van der Waals surface area (Å²) >= 11 is 0. The van der Waals surface area contributed by atoms with Crippen LogP contribution in [-0.2, 0) is 0 Å². The summed E-state index contributed by atoms with van der Waals surface area (Å²) in [7, 11) is 0. The normalized spacial score (nSPS) is 12.4. The van der Waals surface area contributed by atoms with Gasteiger partial charge in [0.15, 0.2) is 0 Å². The molecule has 0 atom stereocenters. The van der Waals surface area contributed by atoms with Crippen LogP contribution in [0.2, 0.25) is 0 Å². The number of hydrogen-bond acceptors (Lipinski definition) is 0. The van der Waals surface area contributed by atoms with E-state index in [0.717, 1.165) is 0 Å². The molecule has 0 saturated carbocycles. The molecule has 2 heterocycles. The Morgan fingerprint density at radius 3 is 0.872 bits per heavy atom. The maximum Gasteiger partial charge on any atom is 0.0620 e. The molecule has 2 aromatic heterocycles. The number of nitrogens with zero attached hydrogens (tertiary/aromatic N) is 2. The van der Waals surface area contributed by atoms with Crippen LogP contribution in [-0.4, -0.2) is 9.13 Å². The maximum atomic E-state index is 2.63. The van der Waals surface area contributed by atoms with Crippen LogP contribution in [0.5, 0.6) is 0 Å². The van der Waals surface area contributed by atoms with E-state index in [-0.39, 0.29) is 0 Å². The van der Waals surface area contributed by atoms with Crippen LogP contribution >= 0.6 is 0 Å². The molecule has 0 spiro atoms. The number of benzene rings is 16. The molecule has 2 heteroatoms. The van der Waals surface area contributed by atoms with Gasteiger partial charge < -0.3 is 9.13 Å². The molecule has 18 aromatic rings. The first-order chi connectivity index (χ1) is 38.7. The first kappa shape index (κ1) is 42.0. The van der Waals surface area contributed by atoms with Crippen molar-refractivity contribution in [2.45, 2.75) is 0 Å². The molecule has 358 valence electrons. The van der Waals surface area contributed by atoms with Gasteiger partial charge in [0.25, 0.3) is 0 Å². The standard InChI is InChI=1S/C76H44N2/c1-5-15-45(16-6-1)71-61-43-55-33-40-60-70-56(34-39-59(69(55)70)75(61)77(73(71)53-19-9-3-10-20-53)63-41-35-51-29-27-47-23-13-25-49-31-37-57(63)67(51)65(47)49)44-62-72(46-17-7-2-8-18-46)74(54-21-11-4-12-22-54)78(76(60)62)64-42-36-52-30-28-48-24-14-26-50-32-38-58(64)68(52)66(48)50/h1-44H. The van der Waals surface area contributed by atoms with E-state index < -0.39 is 0 Å². The second-order valence-electron chi connectivity index (χ2n) is 21.4. The quantitative estimate of drug-likeness (QED) is 0.147. The molecule has 0 radical (unpaired) electrons. The first-order valence-electron chi connectivity index (χ1n) is 27.2. The summed E-state index contributed by atoms with van der Waals surface area (Å²) < 4.78 is 5.27. The largest absolute Gasteiger partial charge is 0.307 e. The molecule has 16 aromatic carbocycles. The zero-order valence-electron chi connectivity index (χ0n) is 42.3. The SMILES string of the molecule is c1ccc(-c2c(-c3ccccc3)n(-c3ccc4ccc5cccc6ccc3c4c56)c3c2cc2ccc4c5c(ccc3c25)cc2c(-c3ccccc3)c(-c3ccccc3)n(-c3ccc5ccc6cccc7ccc3c5c67)c24)cc1. The molecule has 0 bridgehead atoms. The van der Waals surface area contributed by atoms with Gasteiger partial charge in [-0.1, -0.05) is 243 Å². The number of aromatic nitrogens is 2. The van der Waals surface area contributed by atoms with E-state index >= 15 is 0 Å². The Bertz CT molecular complexity index is 5080. The fourth-order valence-electron chi connectivity index (χ4n) is 14.3. The van der Waals surface area contributed by atoms with Gasteiger partial charge in [0.2, 0.25) is 0 Å². The Labute approximate surface area is 448 Å². The van der Waals surface area contributed by atoms with E-state index in [4.69, 9.17) is 0 Å². The van der Waals surface area contributed by atoms with Crippen molar-refractivity contribution in [2.24, 2.45) is 0 Å². The van der Waals surface area contributed by atoms with Crippen LogP contribution < -0.4 is 0 Å². The van der Waals surface area contributed by atoms with Crippen LogP contribution in [0.15, 0.2) is 267 Å². The summed E-state index contributed by atoms with van der Waals surface area (Å²) in [4.78, 5) is 0. The second-order valence-corrected chi connectivity index (χ2v) is 21.4. The predicted octanol–water partition coefficient (Wildman–Crippen LogP) is 20.9. The lowest BCUT2D eigenvalue weighted by molar-refractivity contribution is 1.16. The lowest BCUT2D eigenvalue weighted by Crippen LogP contribution is -2.01. The number of hydrogen-bond donors (Lipinski definition) is 0. The van der Waals surface area contributed by atoms with Gasteiger partial charge >= 0.3 is 0 Å². The van der Waals surface area contributed by atoms with E-state index in [1.165, 1.54) is 175 Å². The number of fused-ring (bicyclic) bond motifs is 4. The summed E-state index contributed by atoms with van der Waals surface area (Å²) in [6.45, 7) is 0. The number of rotatable bonds is 6. The molecule has 0 N–H and O–H groups in total. The molecule has 0 fully saturated rings. The molecule has 18 rings (SSSR count). The minimum Gasteiger partial charge on any atom is -0.307 e. The van der Waals surface area contributed by atoms with Crippen molar-refractivity contribution in [1.82, 2.24) is 9.13 Å². The monoisotopic (exact) mass is 984 g/mol. The third kappa shape index (κ3) is 5.60. The summed E-state index contributed by atoms with van der Waals surface area (Å²) in [6, 6.07) is 100. The van der Waals surface area contributed by atoms with Crippen molar-refractivity contribution in [3.05, 3.63) is 267 Å². The summed E-state index contributed by atoms with van der Waals surface area (Å²) in [5.74, 6) is 0. The predicted molar refractivity (Wildman–Crippen MR) is 333 cm³/mol. The van der Waals surface area contributed by atoms with Gasteiger partial charge in [0.05, 0.1) is 33.8 Å². The minimum absolute atomic E-state index is 1.17. The lowest BCUT2D eigenvalue weighted by atomic mass is 9.89. The maximum absolute atomic E-state index is 2.63. The summed E-state index contributed by atoms with van der Waals surface area (Å²) in [5, 5.41) is 25.2. The van der Waals surface area contributed by atoms with Gasteiger partial charge in [0, 0.05) is 43.4 Å². The van der Waals surface area contributed by atoms with Crippen LogP contribution in [0.25, 0.3) is 175 Å². The molecule has 0 aliphatic rings. The lowest BCUT2D eigenvalue weighted by Gasteiger charge is -2.20. The zero-order valence-corrected chi connectivity index (χ0v) is 42.3. The zero-order chi connectivity index (χ0) is 50.7. The van der Waals surface area contributed by atoms with Crippen molar-refractivity contribution >= 4 is 119 Å². The highest BCUT2D eigenvalue weighted by molar-refractivity contribution is 6.36. The van der Waals surface area contributed by atoms with E-state index in [1.54, 1.807) is 0 Å². The fraction of sp³-hybridized carbons (Fsp3) is 0. The van der Waals surface area contributed by atoms with E-state index in [9.17, 15) is 0 Å². The molecule has 0 aliphatic carbocycles. The highest BCUT2D eigenvalue weighted by atomic mass is 15.0. The van der Waals surface area contributed by atoms with Crippen LogP contribution in [0, 0.1) is 0 Å². The van der Waals surface area contributed by atoms with Gasteiger partial charge in [-0.25, -0.2) is 0 Å². The van der Waals surface area contributed by atoms with Crippen molar-refractivity contribution in [2.75, 3.05) is 0 Å². The summed E-state index contributed by atoms with van der Waals surface area (Å²) in [5.41, 5.74) is 14.4. The average Bonchev–Trinajstić information content (AvgIpc) is 4.24. The van der Waals surface area contributed by atoms with Gasteiger partial charge in [-0.3, -0.25) is 0 Å². The van der Waals surface area contributed by atoms with Crippen molar-refractivity contribution in [3.8, 4) is 56.1 Å². The minimum atomic E-state index is 1.17. The molecule has 2 nitrogen and oxygen atoms in total. The van der Waals surface area contributed by atoms with E-state index in [2.05, 4.69) is 276 Å². The van der Waals surface area contributed by atoms with Gasteiger partial charge in [-0.15, -0.1) is 0 Å². The first-order valence-corrected chi connectivity index (χ1v) is 27.2. The van der Waals surface area contributed by atoms with E-state index in [0.29, 0.717) is 0 Å². The Morgan fingerprint density at radius 1 is 0.192 bits per heavy atom. The Hall–Kier alpha value is -10.3. The molecule has 0 unspecified atom stereocenters. The van der Waals surface area contributed by atoms with Crippen molar-refractivity contribution in [1.29, 1.82) is 0 Å². The Balaban J connectivity index is 1.04. The molecular weight excluding hydrogens is 941 g/mol. The smallest absolute Gasteiger partial charge is 0.0620 e. The van der Waals surface area contributed by atoms with Crippen molar-refractivity contribution < 1.29 is 0 Å². The Kier molecular flexibility index (Phi) is 8.42. The van der Waals surface area contributed by atoms with Gasteiger partial charge in [0.1, 0.15) is 0 Å². The van der Waals surface area contributed by atoms with Crippen molar-refractivity contribution in [3.63, 3.8) is 0 Å². The molecule has 0 saturated heterocycles. The molecule has 78 heavy (non-hydrogen) atoms. The fourth-order valence-corrected chi connectivity index (χ4v) is 14.3. The van der Waals surface area contributed by atoms with E-state index in [1.807, 2.05) is 0 Å². The van der Waals surface area contributed by atoms with Gasteiger partial charge in [-0.2, -0.15) is 0 Å². The topological polar surface area (TPSA) is 9.86 Å². The van der Waals surface area contributed by atoms with Crippen LogP contribution in [0.1, 0.15) is 0 Å². The molecule has 0 aliphatic heterocycles.